The monoisotopic (exact) mass is 327 g/mol. The number of nitrogens with two attached hydrogens (primary N) is 1. The Hall–Kier alpha value is -2.16. The second-order valence-corrected chi connectivity index (χ2v) is 6.07. The third kappa shape index (κ3) is 5.19. The lowest BCUT2D eigenvalue weighted by Crippen LogP contribution is -1.98. The lowest BCUT2D eigenvalue weighted by molar-refractivity contribution is 0.304. The minimum Gasteiger partial charge on any atom is -0.494 e. The minimum absolute atomic E-state index is 0.647. The normalized spacial score (nSPS) is 10.6. The highest BCUT2D eigenvalue weighted by atomic mass is 16.5. The molecular weight excluding hydrogens is 298 g/mol. The summed E-state index contributed by atoms with van der Waals surface area (Å²) in [6.45, 7) is 3.01. The maximum absolute atomic E-state index is 6.00. The van der Waals surface area contributed by atoms with E-state index in [2.05, 4.69) is 13.0 Å². The minimum atomic E-state index is 0.647. The summed E-state index contributed by atoms with van der Waals surface area (Å²) in [5.41, 5.74) is 8.69. The van der Waals surface area contributed by atoms with Gasteiger partial charge in [-0.1, -0.05) is 63.3 Å². The molecule has 0 aliphatic rings. The molecule has 0 aliphatic heterocycles. The molecule has 0 unspecified atom stereocenters. The van der Waals surface area contributed by atoms with Gasteiger partial charge in [0.2, 0.25) is 0 Å². The zero-order chi connectivity index (χ0) is 17.2. The number of ether oxygens (including phenoxy) is 2. The van der Waals surface area contributed by atoms with Crippen LogP contribution in [0, 0.1) is 0 Å². The second kappa shape index (κ2) is 9.86. The molecule has 0 saturated heterocycles. The van der Waals surface area contributed by atoms with E-state index in [1.54, 1.807) is 7.11 Å². The number of anilines is 1. The van der Waals surface area contributed by atoms with Crippen LogP contribution in [0.2, 0.25) is 0 Å². The van der Waals surface area contributed by atoms with Gasteiger partial charge in [0.25, 0.3) is 0 Å². The summed E-state index contributed by atoms with van der Waals surface area (Å²) in [5, 5.41) is 0. The van der Waals surface area contributed by atoms with Crippen molar-refractivity contribution < 1.29 is 9.47 Å². The van der Waals surface area contributed by atoms with Crippen molar-refractivity contribution in [2.24, 2.45) is 0 Å². The Labute approximate surface area is 145 Å². The van der Waals surface area contributed by atoms with Crippen molar-refractivity contribution in [1.82, 2.24) is 0 Å². The first-order valence-electron chi connectivity index (χ1n) is 8.92. The van der Waals surface area contributed by atoms with Gasteiger partial charge >= 0.3 is 0 Å². The first-order valence-corrected chi connectivity index (χ1v) is 8.92. The zero-order valence-corrected chi connectivity index (χ0v) is 14.9. The van der Waals surface area contributed by atoms with E-state index < -0.39 is 0 Å². The van der Waals surface area contributed by atoms with Gasteiger partial charge in [-0.3, -0.25) is 0 Å². The molecule has 0 atom stereocenters. The molecule has 24 heavy (non-hydrogen) atoms. The van der Waals surface area contributed by atoms with Crippen molar-refractivity contribution in [2.45, 2.75) is 45.4 Å². The standard InChI is InChI=1S/C21H29NO2/c1-3-4-5-6-7-8-15-24-18-12-9-11-17(16-18)19-13-10-14-20(22)21(19)23-2/h9-14,16H,3-8,15,22H2,1-2H3. The SMILES string of the molecule is CCCCCCCCOc1cccc(-c2cccc(N)c2OC)c1. The first kappa shape index (κ1) is 18.2. The fourth-order valence-electron chi connectivity index (χ4n) is 2.84. The molecule has 0 heterocycles. The summed E-state index contributed by atoms with van der Waals surface area (Å²) in [7, 11) is 1.65. The van der Waals surface area contributed by atoms with Crippen molar-refractivity contribution in [3.05, 3.63) is 42.5 Å². The molecule has 0 spiro atoms. The van der Waals surface area contributed by atoms with Gasteiger partial charge in [-0.2, -0.15) is 0 Å². The molecule has 0 bridgehead atoms. The average Bonchev–Trinajstić information content (AvgIpc) is 2.61. The molecule has 3 heteroatoms. The third-order valence-corrected chi connectivity index (χ3v) is 4.16. The predicted molar refractivity (Wildman–Crippen MR) is 102 cm³/mol. The highest BCUT2D eigenvalue weighted by Crippen LogP contribution is 2.35. The molecule has 2 N–H and O–H groups in total. The van der Waals surface area contributed by atoms with E-state index in [1.165, 1.54) is 32.1 Å². The Morgan fingerprint density at radius 2 is 1.67 bits per heavy atom. The van der Waals surface area contributed by atoms with Crippen LogP contribution in [0.1, 0.15) is 45.4 Å². The third-order valence-electron chi connectivity index (χ3n) is 4.16. The van der Waals surface area contributed by atoms with E-state index in [0.29, 0.717) is 11.4 Å². The van der Waals surface area contributed by atoms with Gasteiger partial charge in [0.1, 0.15) is 11.5 Å². The summed E-state index contributed by atoms with van der Waals surface area (Å²) in [5.74, 6) is 1.61. The van der Waals surface area contributed by atoms with Gasteiger partial charge in [-0.15, -0.1) is 0 Å². The van der Waals surface area contributed by atoms with Crippen LogP contribution in [0.15, 0.2) is 42.5 Å². The van der Waals surface area contributed by atoms with Gasteiger partial charge in [0.15, 0.2) is 0 Å². The van der Waals surface area contributed by atoms with E-state index in [9.17, 15) is 0 Å². The molecule has 0 radical (unpaired) electrons. The average molecular weight is 327 g/mol. The van der Waals surface area contributed by atoms with E-state index in [1.807, 2.05) is 36.4 Å². The fourth-order valence-corrected chi connectivity index (χ4v) is 2.84. The number of hydrogen-bond acceptors (Lipinski definition) is 3. The Morgan fingerprint density at radius 1 is 0.917 bits per heavy atom. The predicted octanol–water partition coefficient (Wildman–Crippen LogP) is 5.68. The smallest absolute Gasteiger partial charge is 0.149 e. The van der Waals surface area contributed by atoms with Crippen molar-refractivity contribution in [2.75, 3.05) is 19.5 Å². The highest BCUT2D eigenvalue weighted by Gasteiger charge is 2.09. The van der Waals surface area contributed by atoms with Crippen LogP contribution < -0.4 is 15.2 Å². The van der Waals surface area contributed by atoms with Gasteiger partial charge in [0, 0.05) is 5.56 Å². The van der Waals surface area contributed by atoms with Crippen LogP contribution in [0.3, 0.4) is 0 Å². The van der Waals surface area contributed by atoms with Gasteiger partial charge in [-0.05, 0) is 30.2 Å². The molecule has 0 fully saturated rings. The molecule has 2 rings (SSSR count). The molecule has 3 nitrogen and oxygen atoms in total. The molecule has 0 saturated carbocycles. The van der Waals surface area contributed by atoms with Gasteiger partial charge in [-0.25, -0.2) is 0 Å². The number of para-hydroxylation sites is 1. The summed E-state index contributed by atoms with van der Waals surface area (Å²) in [6, 6.07) is 13.9. The van der Waals surface area contributed by atoms with Crippen LogP contribution in [0.5, 0.6) is 11.5 Å². The topological polar surface area (TPSA) is 44.5 Å². The Morgan fingerprint density at radius 3 is 2.46 bits per heavy atom. The van der Waals surface area contributed by atoms with Crippen LogP contribution in [-0.2, 0) is 0 Å². The highest BCUT2D eigenvalue weighted by molar-refractivity contribution is 5.77. The maximum Gasteiger partial charge on any atom is 0.149 e. The summed E-state index contributed by atoms with van der Waals surface area (Å²) in [4.78, 5) is 0. The van der Waals surface area contributed by atoms with E-state index in [4.69, 9.17) is 15.2 Å². The van der Waals surface area contributed by atoms with Crippen molar-refractivity contribution in [3.63, 3.8) is 0 Å². The van der Waals surface area contributed by atoms with Crippen molar-refractivity contribution in [1.29, 1.82) is 0 Å². The molecule has 2 aromatic rings. The first-order chi connectivity index (χ1) is 11.8. The molecule has 130 valence electrons. The lowest BCUT2D eigenvalue weighted by Gasteiger charge is -2.12. The quantitative estimate of drug-likeness (QED) is 0.451. The molecule has 0 aliphatic carbocycles. The van der Waals surface area contributed by atoms with Gasteiger partial charge < -0.3 is 15.2 Å². The summed E-state index contributed by atoms with van der Waals surface area (Å²) in [6.07, 6.45) is 7.61. The van der Waals surface area contributed by atoms with Crippen LogP contribution in [0.25, 0.3) is 11.1 Å². The molecule has 0 amide bonds. The van der Waals surface area contributed by atoms with E-state index in [0.717, 1.165) is 29.9 Å². The second-order valence-electron chi connectivity index (χ2n) is 6.07. The van der Waals surface area contributed by atoms with Crippen LogP contribution >= 0.6 is 0 Å². The number of hydrogen-bond donors (Lipinski definition) is 1. The van der Waals surface area contributed by atoms with Crippen molar-refractivity contribution >= 4 is 5.69 Å². The number of methoxy groups -OCH3 is 1. The fraction of sp³-hybridized carbons (Fsp3) is 0.429. The number of nitrogen functional groups attached to an aromatic ring is 1. The molecule has 2 aromatic carbocycles. The number of benzene rings is 2. The Bertz CT molecular complexity index is 625. The van der Waals surface area contributed by atoms with Crippen molar-refractivity contribution in [3.8, 4) is 22.6 Å². The number of unbranched alkanes of at least 4 members (excludes halogenated alkanes) is 5. The molecule has 0 aromatic heterocycles. The van der Waals surface area contributed by atoms with E-state index >= 15 is 0 Å². The molecular formula is C21H29NO2. The Balaban J connectivity index is 1.94. The van der Waals surface area contributed by atoms with Gasteiger partial charge in [0.05, 0.1) is 19.4 Å². The maximum atomic E-state index is 6.00. The van der Waals surface area contributed by atoms with Crippen LogP contribution in [-0.4, -0.2) is 13.7 Å². The lowest BCUT2D eigenvalue weighted by atomic mass is 10.0. The van der Waals surface area contributed by atoms with E-state index in [-0.39, 0.29) is 0 Å². The Kier molecular flexibility index (Phi) is 7.47. The number of rotatable bonds is 10. The summed E-state index contributed by atoms with van der Waals surface area (Å²) < 4.78 is 11.4. The zero-order valence-electron chi connectivity index (χ0n) is 14.9. The largest absolute Gasteiger partial charge is 0.494 e. The summed E-state index contributed by atoms with van der Waals surface area (Å²) >= 11 is 0. The van der Waals surface area contributed by atoms with Crippen LogP contribution in [0.4, 0.5) is 5.69 Å².